The first-order valence-electron chi connectivity index (χ1n) is 6.51. The molecule has 0 spiro atoms. The van der Waals surface area contributed by atoms with Gasteiger partial charge in [0.15, 0.2) is 0 Å². The maximum atomic E-state index is 6.23. The molecule has 0 aliphatic carbocycles. The molecular formula is C15H23Cl2N. The van der Waals surface area contributed by atoms with E-state index < -0.39 is 0 Å². The Morgan fingerprint density at radius 3 is 2.50 bits per heavy atom. The van der Waals surface area contributed by atoms with Gasteiger partial charge in [0.2, 0.25) is 0 Å². The number of benzene rings is 1. The van der Waals surface area contributed by atoms with Crippen LogP contribution in [0.25, 0.3) is 0 Å². The lowest BCUT2D eigenvalue weighted by Gasteiger charge is -2.29. The Labute approximate surface area is 121 Å². The van der Waals surface area contributed by atoms with E-state index in [0.717, 1.165) is 24.4 Å². The van der Waals surface area contributed by atoms with E-state index in [9.17, 15) is 0 Å². The van der Waals surface area contributed by atoms with Crippen LogP contribution in [0.5, 0.6) is 0 Å². The highest BCUT2D eigenvalue weighted by atomic mass is 35.5. The Morgan fingerprint density at radius 1 is 1.28 bits per heavy atom. The Morgan fingerprint density at radius 2 is 1.94 bits per heavy atom. The highest BCUT2D eigenvalue weighted by Crippen LogP contribution is 2.31. The summed E-state index contributed by atoms with van der Waals surface area (Å²) >= 11 is 12.2. The van der Waals surface area contributed by atoms with Gasteiger partial charge in [-0.15, -0.1) is 0 Å². The second-order valence-electron chi connectivity index (χ2n) is 5.74. The van der Waals surface area contributed by atoms with Crippen molar-refractivity contribution in [2.24, 2.45) is 5.41 Å². The van der Waals surface area contributed by atoms with Crippen molar-refractivity contribution in [1.82, 2.24) is 5.32 Å². The lowest BCUT2D eigenvalue weighted by Crippen LogP contribution is -2.32. The largest absolute Gasteiger partial charge is 0.315 e. The van der Waals surface area contributed by atoms with Crippen LogP contribution in [0.1, 0.15) is 39.7 Å². The average Bonchev–Trinajstić information content (AvgIpc) is 2.21. The maximum Gasteiger partial charge on any atom is 0.0453 e. The monoisotopic (exact) mass is 287 g/mol. The standard InChI is InChI=1S/C15H23Cl2N/c1-5-18-11(2)9-15(3,4)10-12-6-7-13(16)8-14(12)17/h6-8,11,18H,5,9-10H2,1-4H3. The molecule has 0 saturated carbocycles. The molecule has 0 heterocycles. The molecular weight excluding hydrogens is 265 g/mol. The number of hydrogen-bond acceptors (Lipinski definition) is 1. The van der Waals surface area contributed by atoms with Gasteiger partial charge in [0.25, 0.3) is 0 Å². The summed E-state index contributed by atoms with van der Waals surface area (Å²) in [7, 11) is 0. The molecule has 0 fully saturated rings. The van der Waals surface area contributed by atoms with Gasteiger partial charge in [0.05, 0.1) is 0 Å². The highest BCUT2D eigenvalue weighted by molar-refractivity contribution is 6.35. The van der Waals surface area contributed by atoms with Crippen LogP contribution in [0.2, 0.25) is 10.0 Å². The van der Waals surface area contributed by atoms with Crippen molar-refractivity contribution in [2.45, 2.75) is 46.6 Å². The van der Waals surface area contributed by atoms with E-state index in [1.807, 2.05) is 18.2 Å². The van der Waals surface area contributed by atoms with Crippen LogP contribution in [-0.4, -0.2) is 12.6 Å². The van der Waals surface area contributed by atoms with Gasteiger partial charge >= 0.3 is 0 Å². The molecule has 3 heteroatoms. The average molecular weight is 288 g/mol. The third-order valence-electron chi connectivity index (χ3n) is 3.10. The highest BCUT2D eigenvalue weighted by Gasteiger charge is 2.22. The summed E-state index contributed by atoms with van der Waals surface area (Å²) in [5, 5.41) is 4.92. The van der Waals surface area contributed by atoms with Crippen molar-refractivity contribution in [3.05, 3.63) is 33.8 Å². The van der Waals surface area contributed by atoms with Crippen molar-refractivity contribution in [3.8, 4) is 0 Å². The third-order valence-corrected chi connectivity index (χ3v) is 3.68. The summed E-state index contributed by atoms with van der Waals surface area (Å²) < 4.78 is 0. The normalized spacial score (nSPS) is 13.7. The van der Waals surface area contributed by atoms with E-state index in [-0.39, 0.29) is 5.41 Å². The van der Waals surface area contributed by atoms with E-state index in [2.05, 4.69) is 33.0 Å². The molecule has 0 aromatic heterocycles. The fraction of sp³-hybridized carbons (Fsp3) is 0.600. The summed E-state index contributed by atoms with van der Waals surface area (Å²) in [4.78, 5) is 0. The minimum atomic E-state index is 0.221. The summed E-state index contributed by atoms with van der Waals surface area (Å²) in [6.07, 6.45) is 2.10. The SMILES string of the molecule is CCNC(C)CC(C)(C)Cc1ccc(Cl)cc1Cl. The van der Waals surface area contributed by atoms with Crippen LogP contribution in [0, 0.1) is 5.41 Å². The molecule has 1 aromatic carbocycles. The molecule has 0 aliphatic heterocycles. The summed E-state index contributed by atoms with van der Waals surface area (Å²) in [5.74, 6) is 0. The Bertz CT molecular complexity index is 388. The molecule has 1 unspecified atom stereocenters. The van der Waals surface area contributed by atoms with Gasteiger partial charge in [-0.05, 0) is 49.4 Å². The molecule has 0 saturated heterocycles. The van der Waals surface area contributed by atoms with Crippen molar-refractivity contribution >= 4 is 23.2 Å². The summed E-state index contributed by atoms with van der Waals surface area (Å²) in [6, 6.07) is 6.29. The van der Waals surface area contributed by atoms with Crippen molar-refractivity contribution in [3.63, 3.8) is 0 Å². The van der Waals surface area contributed by atoms with E-state index in [4.69, 9.17) is 23.2 Å². The Hall–Kier alpha value is -0.240. The smallest absolute Gasteiger partial charge is 0.0453 e. The van der Waals surface area contributed by atoms with Gasteiger partial charge in [0.1, 0.15) is 0 Å². The minimum Gasteiger partial charge on any atom is -0.315 e. The van der Waals surface area contributed by atoms with Gasteiger partial charge in [-0.2, -0.15) is 0 Å². The number of nitrogens with one attached hydrogen (secondary N) is 1. The van der Waals surface area contributed by atoms with Crippen LogP contribution in [-0.2, 0) is 6.42 Å². The van der Waals surface area contributed by atoms with Crippen LogP contribution >= 0.6 is 23.2 Å². The second-order valence-corrected chi connectivity index (χ2v) is 6.58. The summed E-state index contributed by atoms with van der Waals surface area (Å²) in [6.45, 7) is 9.95. The molecule has 0 radical (unpaired) electrons. The Kier molecular flexibility index (Phi) is 5.97. The first-order chi connectivity index (χ1) is 8.34. The van der Waals surface area contributed by atoms with E-state index >= 15 is 0 Å². The molecule has 102 valence electrons. The number of halogens is 2. The van der Waals surface area contributed by atoms with Crippen LogP contribution in [0.15, 0.2) is 18.2 Å². The minimum absolute atomic E-state index is 0.221. The molecule has 1 atom stereocenters. The fourth-order valence-corrected chi connectivity index (χ4v) is 2.98. The predicted octanol–water partition coefficient (Wildman–Crippen LogP) is 4.95. The first kappa shape index (κ1) is 15.8. The number of hydrogen-bond donors (Lipinski definition) is 1. The second kappa shape index (κ2) is 6.79. The van der Waals surface area contributed by atoms with Gasteiger partial charge in [-0.1, -0.05) is 50.0 Å². The zero-order valence-electron chi connectivity index (χ0n) is 11.7. The molecule has 1 rings (SSSR count). The fourth-order valence-electron chi connectivity index (χ4n) is 2.50. The van der Waals surface area contributed by atoms with E-state index in [1.165, 1.54) is 5.56 Å². The van der Waals surface area contributed by atoms with Crippen molar-refractivity contribution < 1.29 is 0 Å². The molecule has 0 aliphatic rings. The maximum absolute atomic E-state index is 6.23. The molecule has 18 heavy (non-hydrogen) atoms. The van der Waals surface area contributed by atoms with Gasteiger partial charge in [-0.3, -0.25) is 0 Å². The van der Waals surface area contributed by atoms with Gasteiger partial charge in [-0.25, -0.2) is 0 Å². The van der Waals surface area contributed by atoms with E-state index in [0.29, 0.717) is 11.1 Å². The lowest BCUT2D eigenvalue weighted by atomic mass is 9.80. The summed E-state index contributed by atoms with van der Waals surface area (Å²) in [5.41, 5.74) is 1.40. The molecule has 1 aromatic rings. The third kappa shape index (κ3) is 5.17. The zero-order chi connectivity index (χ0) is 13.8. The van der Waals surface area contributed by atoms with Crippen molar-refractivity contribution in [2.75, 3.05) is 6.54 Å². The van der Waals surface area contributed by atoms with Crippen LogP contribution < -0.4 is 5.32 Å². The zero-order valence-corrected chi connectivity index (χ0v) is 13.2. The molecule has 1 nitrogen and oxygen atoms in total. The van der Waals surface area contributed by atoms with Crippen LogP contribution in [0.3, 0.4) is 0 Å². The van der Waals surface area contributed by atoms with E-state index in [1.54, 1.807) is 0 Å². The first-order valence-corrected chi connectivity index (χ1v) is 7.27. The quantitative estimate of drug-likeness (QED) is 0.781. The number of rotatable bonds is 6. The van der Waals surface area contributed by atoms with Crippen LogP contribution in [0.4, 0.5) is 0 Å². The molecule has 0 amide bonds. The predicted molar refractivity (Wildman–Crippen MR) is 81.7 cm³/mol. The van der Waals surface area contributed by atoms with Crippen molar-refractivity contribution in [1.29, 1.82) is 0 Å². The van der Waals surface area contributed by atoms with Gasteiger partial charge < -0.3 is 5.32 Å². The lowest BCUT2D eigenvalue weighted by molar-refractivity contribution is 0.289. The Balaban J connectivity index is 2.69. The van der Waals surface area contributed by atoms with Gasteiger partial charge in [0, 0.05) is 16.1 Å². The molecule has 0 bridgehead atoms. The molecule has 1 N–H and O–H groups in total. The topological polar surface area (TPSA) is 12.0 Å².